The molecule has 0 fully saturated rings. The van der Waals surface area contributed by atoms with Crippen molar-refractivity contribution in [2.24, 2.45) is 0 Å². The Morgan fingerprint density at radius 2 is 0.911 bits per heavy atom. The number of ether oxygens (including phenoxy) is 2. The van der Waals surface area contributed by atoms with Crippen LogP contribution in [0.4, 0.5) is 61.9 Å². The minimum absolute atomic E-state index is 0.0492. The number of halogens is 13. The first-order chi connectivity index (χ1) is 20.6. The fourth-order valence-corrected chi connectivity index (χ4v) is 3.96. The van der Waals surface area contributed by atoms with Crippen LogP contribution in [-0.2, 0) is 14.3 Å². The molecule has 1 N–H and O–H groups in total. The van der Waals surface area contributed by atoms with E-state index < -0.39 is 67.4 Å². The summed E-state index contributed by atoms with van der Waals surface area (Å²) in [5, 5.41) is 1.80. The number of carbonyl (C=O) groups is 2. The van der Waals surface area contributed by atoms with Gasteiger partial charge < -0.3 is 14.8 Å². The molecule has 268 valence electrons. The van der Waals surface area contributed by atoms with Crippen molar-refractivity contribution in [3.8, 4) is 0 Å². The molecule has 0 bridgehead atoms. The molecule has 0 unspecified atom stereocenters. The van der Waals surface area contributed by atoms with E-state index >= 15 is 0 Å². The Balaban J connectivity index is 4.30. The molecule has 0 rings (SSSR count). The summed E-state index contributed by atoms with van der Waals surface area (Å²) in [5.41, 5.74) is 0. The number of esters is 1. The number of nitrogens with one attached hydrogen (secondary N) is 1. The standard InChI is InChI=1S/C27H40F13NO4/c1-2-3-4-5-6-7-8-9-10-11-12-13-14-15-17-45-21(43)41-19-20(42)44-18-16-22(28,29)23(30,31)24(32,33)25(34,35)26(36,37)27(38,39)40/h2-19H2,1H3,(H,41,43). The summed E-state index contributed by atoms with van der Waals surface area (Å²) in [7, 11) is 0. The minimum Gasteiger partial charge on any atom is -0.464 e. The summed E-state index contributed by atoms with van der Waals surface area (Å²) in [6, 6.07) is 0. The molecule has 0 aromatic carbocycles. The molecule has 0 heterocycles. The van der Waals surface area contributed by atoms with Crippen LogP contribution in [0.5, 0.6) is 0 Å². The van der Waals surface area contributed by atoms with E-state index in [1.807, 2.05) is 0 Å². The molecule has 0 aliphatic carbocycles. The largest absolute Gasteiger partial charge is 0.464 e. The first-order valence-corrected chi connectivity index (χ1v) is 14.6. The molecule has 0 radical (unpaired) electrons. The van der Waals surface area contributed by atoms with Crippen LogP contribution < -0.4 is 5.32 Å². The van der Waals surface area contributed by atoms with E-state index in [1.165, 1.54) is 51.4 Å². The second-order valence-corrected chi connectivity index (χ2v) is 10.6. The first-order valence-electron chi connectivity index (χ1n) is 14.6. The van der Waals surface area contributed by atoms with Gasteiger partial charge >= 0.3 is 47.9 Å². The fraction of sp³-hybridized carbons (Fsp3) is 0.926. The number of carbonyl (C=O) groups excluding carboxylic acids is 2. The highest BCUT2D eigenvalue weighted by Crippen LogP contribution is 2.60. The second kappa shape index (κ2) is 18.8. The molecule has 45 heavy (non-hydrogen) atoms. The Morgan fingerprint density at radius 1 is 0.511 bits per heavy atom. The third-order valence-corrected chi connectivity index (χ3v) is 6.79. The van der Waals surface area contributed by atoms with Crippen molar-refractivity contribution in [3.05, 3.63) is 0 Å². The van der Waals surface area contributed by atoms with Gasteiger partial charge in [-0.05, 0) is 6.42 Å². The molecule has 0 atom stereocenters. The van der Waals surface area contributed by atoms with E-state index in [1.54, 1.807) is 5.32 Å². The van der Waals surface area contributed by atoms with E-state index in [-0.39, 0.29) is 6.61 Å². The molecule has 0 aliphatic heterocycles. The third kappa shape index (κ3) is 12.9. The SMILES string of the molecule is CCCCCCCCCCCCCCCCOC(=O)NCC(=O)OCCC(F)(F)C(F)(F)C(F)(F)C(F)(F)C(F)(F)C(F)(F)F. The van der Waals surface area contributed by atoms with Crippen LogP contribution in [0, 0.1) is 0 Å². The van der Waals surface area contributed by atoms with Gasteiger partial charge in [-0.2, -0.15) is 57.1 Å². The zero-order valence-corrected chi connectivity index (χ0v) is 24.8. The average molecular weight is 690 g/mol. The summed E-state index contributed by atoms with van der Waals surface area (Å²) >= 11 is 0. The Bertz CT molecular complexity index is 868. The number of amides is 1. The highest BCUT2D eigenvalue weighted by molar-refractivity contribution is 5.77. The Labute approximate surface area is 252 Å². The maximum absolute atomic E-state index is 13.7. The van der Waals surface area contributed by atoms with Crippen LogP contribution in [0.25, 0.3) is 0 Å². The molecule has 0 aromatic rings. The third-order valence-electron chi connectivity index (χ3n) is 6.79. The quantitative estimate of drug-likeness (QED) is 0.0623. The number of hydrogen-bond donors (Lipinski definition) is 1. The lowest BCUT2D eigenvalue weighted by molar-refractivity contribution is -0.440. The molecule has 18 heteroatoms. The topological polar surface area (TPSA) is 64.6 Å². The van der Waals surface area contributed by atoms with Gasteiger partial charge in [0.05, 0.1) is 19.6 Å². The highest BCUT2D eigenvalue weighted by Gasteiger charge is 2.90. The summed E-state index contributed by atoms with van der Waals surface area (Å²) in [6.07, 6.45) is 3.93. The lowest BCUT2D eigenvalue weighted by Crippen LogP contribution is -2.70. The van der Waals surface area contributed by atoms with Gasteiger partial charge in [0, 0.05) is 0 Å². The predicted molar refractivity (Wildman–Crippen MR) is 136 cm³/mol. The lowest BCUT2D eigenvalue weighted by atomic mass is 9.93. The predicted octanol–water partition coefficient (Wildman–Crippen LogP) is 9.87. The van der Waals surface area contributed by atoms with Crippen molar-refractivity contribution in [2.45, 2.75) is 139 Å². The number of rotatable bonds is 24. The van der Waals surface area contributed by atoms with Gasteiger partial charge in [0.2, 0.25) is 0 Å². The maximum Gasteiger partial charge on any atom is 0.460 e. The van der Waals surface area contributed by atoms with Crippen molar-refractivity contribution in [2.75, 3.05) is 19.8 Å². The van der Waals surface area contributed by atoms with Crippen LogP contribution in [0.1, 0.15) is 103 Å². The number of alkyl halides is 13. The van der Waals surface area contributed by atoms with Crippen LogP contribution in [0.3, 0.4) is 0 Å². The van der Waals surface area contributed by atoms with Crippen molar-refractivity contribution < 1.29 is 76.1 Å². The van der Waals surface area contributed by atoms with Gasteiger partial charge in [0.15, 0.2) is 0 Å². The van der Waals surface area contributed by atoms with Gasteiger partial charge in [-0.3, -0.25) is 4.79 Å². The van der Waals surface area contributed by atoms with Gasteiger partial charge in [-0.1, -0.05) is 90.4 Å². The molecule has 1 amide bonds. The Kier molecular flexibility index (Phi) is 17.9. The number of alkyl carbamates (subject to hydrolysis) is 1. The number of hydrogen-bond acceptors (Lipinski definition) is 4. The first kappa shape index (κ1) is 42.8. The van der Waals surface area contributed by atoms with E-state index in [0.29, 0.717) is 6.42 Å². The van der Waals surface area contributed by atoms with Crippen LogP contribution in [0.15, 0.2) is 0 Å². The van der Waals surface area contributed by atoms with Crippen LogP contribution in [-0.4, -0.2) is 67.6 Å². The average Bonchev–Trinajstić information content (AvgIpc) is 2.92. The monoisotopic (exact) mass is 689 g/mol. The zero-order valence-electron chi connectivity index (χ0n) is 24.8. The highest BCUT2D eigenvalue weighted by atomic mass is 19.4. The van der Waals surface area contributed by atoms with Crippen molar-refractivity contribution in [1.29, 1.82) is 0 Å². The molecular weight excluding hydrogens is 649 g/mol. The zero-order chi connectivity index (χ0) is 35.0. The fourth-order valence-electron chi connectivity index (χ4n) is 3.96. The van der Waals surface area contributed by atoms with Crippen molar-refractivity contribution in [1.82, 2.24) is 5.32 Å². The summed E-state index contributed by atoms with van der Waals surface area (Å²) in [4.78, 5) is 23.0. The summed E-state index contributed by atoms with van der Waals surface area (Å²) in [5.74, 6) is -39.2. The molecule has 0 saturated carbocycles. The van der Waals surface area contributed by atoms with Crippen molar-refractivity contribution >= 4 is 12.1 Å². The molecule has 0 aromatic heterocycles. The van der Waals surface area contributed by atoms with Gasteiger partial charge in [-0.15, -0.1) is 0 Å². The van der Waals surface area contributed by atoms with Gasteiger partial charge in [0.25, 0.3) is 0 Å². The van der Waals surface area contributed by atoms with Gasteiger partial charge in [0.1, 0.15) is 6.54 Å². The summed E-state index contributed by atoms with van der Waals surface area (Å²) < 4.78 is 179. The molecular formula is C27H40F13NO4. The van der Waals surface area contributed by atoms with E-state index in [9.17, 15) is 66.7 Å². The second-order valence-electron chi connectivity index (χ2n) is 10.6. The summed E-state index contributed by atoms with van der Waals surface area (Å²) in [6.45, 7) is -0.862. The Hall–Kier alpha value is -2.17. The lowest BCUT2D eigenvalue weighted by Gasteiger charge is -2.39. The van der Waals surface area contributed by atoms with E-state index in [4.69, 9.17) is 4.74 Å². The van der Waals surface area contributed by atoms with Crippen LogP contribution >= 0.6 is 0 Å². The van der Waals surface area contributed by atoms with E-state index in [2.05, 4.69) is 11.7 Å². The minimum atomic E-state index is -8.00. The molecule has 5 nitrogen and oxygen atoms in total. The van der Waals surface area contributed by atoms with Gasteiger partial charge in [-0.25, -0.2) is 4.79 Å². The van der Waals surface area contributed by atoms with E-state index in [0.717, 1.165) is 32.1 Å². The van der Waals surface area contributed by atoms with Crippen LogP contribution in [0.2, 0.25) is 0 Å². The smallest absolute Gasteiger partial charge is 0.460 e. The molecule has 0 aliphatic rings. The Morgan fingerprint density at radius 3 is 1.33 bits per heavy atom. The molecule has 0 saturated heterocycles. The van der Waals surface area contributed by atoms with Crippen molar-refractivity contribution in [3.63, 3.8) is 0 Å². The normalized spacial score (nSPS) is 13.6. The number of unbranched alkanes of at least 4 members (excludes halogenated alkanes) is 13. The molecule has 0 spiro atoms. The maximum atomic E-state index is 13.7.